The molecule has 0 amide bonds. The van der Waals surface area contributed by atoms with E-state index in [4.69, 9.17) is 4.74 Å². The molecule has 0 atom stereocenters. The molecular formula is C13H13BrN2O4. The number of ether oxygens (including phenoxy) is 1. The summed E-state index contributed by atoms with van der Waals surface area (Å²) >= 11 is 3.26. The minimum absolute atomic E-state index is 0.132. The van der Waals surface area contributed by atoms with E-state index >= 15 is 0 Å². The fourth-order valence-electron chi connectivity index (χ4n) is 1.79. The molecule has 1 aromatic carbocycles. The zero-order chi connectivity index (χ0) is 15.1. The predicted octanol–water partition coefficient (Wildman–Crippen LogP) is 4.10. The Hall–Kier alpha value is -1.89. The summed E-state index contributed by atoms with van der Waals surface area (Å²) in [5.41, 5.74) is -0.362. The van der Waals surface area contributed by atoms with Gasteiger partial charge in [-0.3, -0.25) is 10.1 Å². The molecule has 1 aromatic heterocycles. The summed E-state index contributed by atoms with van der Waals surface area (Å²) in [6.45, 7) is 5.21. The molecule has 0 saturated heterocycles. The molecule has 2 rings (SSSR count). The maximum Gasteiger partial charge on any atom is 0.419 e. The quantitative estimate of drug-likeness (QED) is 0.578. The van der Waals surface area contributed by atoms with Crippen LogP contribution in [0.1, 0.15) is 20.8 Å². The summed E-state index contributed by atoms with van der Waals surface area (Å²) in [4.78, 5) is 22.7. The van der Waals surface area contributed by atoms with Crippen LogP contribution in [-0.2, 0) is 4.74 Å². The Kier molecular flexibility index (Phi) is 3.56. The predicted molar refractivity (Wildman–Crippen MR) is 77.9 cm³/mol. The third-order valence-electron chi connectivity index (χ3n) is 2.53. The van der Waals surface area contributed by atoms with E-state index in [1.54, 1.807) is 39.0 Å². The zero-order valence-electron chi connectivity index (χ0n) is 11.2. The van der Waals surface area contributed by atoms with E-state index in [0.717, 1.165) is 4.57 Å². The molecule has 0 aliphatic carbocycles. The summed E-state index contributed by atoms with van der Waals surface area (Å²) in [5.74, 6) is 0. The van der Waals surface area contributed by atoms with Crippen molar-refractivity contribution in [1.29, 1.82) is 0 Å². The van der Waals surface area contributed by atoms with Crippen LogP contribution in [0.5, 0.6) is 0 Å². The summed E-state index contributed by atoms with van der Waals surface area (Å²) in [6.07, 6.45) is 0.545. The van der Waals surface area contributed by atoms with Crippen LogP contribution in [0.2, 0.25) is 0 Å². The zero-order valence-corrected chi connectivity index (χ0v) is 12.8. The van der Waals surface area contributed by atoms with E-state index in [9.17, 15) is 14.9 Å². The van der Waals surface area contributed by atoms with Crippen molar-refractivity contribution in [2.75, 3.05) is 0 Å². The van der Waals surface area contributed by atoms with Crippen LogP contribution in [0.25, 0.3) is 10.9 Å². The van der Waals surface area contributed by atoms with Crippen LogP contribution in [0.4, 0.5) is 10.5 Å². The van der Waals surface area contributed by atoms with Crippen LogP contribution in [0.15, 0.2) is 28.9 Å². The Morgan fingerprint density at radius 2 is 2.05 bits per heavy atom. The number of fused-ring (bicyclic) bond motifs is 1. The molecule has 0 bridgehead atoms. The SMILES string of the molecule is CC(C)(C)OC(=O)n1cc([N+](=O)[O-])c2cc(Br)ccc21. The van der Waals surface area contributed by atoms with Gasteiger partial charge in [0.2, 0.25) is 0 Å². The van der Waals surface area contributed by atoms with Crippen molar-refractivity contribution in [3.05, 3.63) is 39.0 Å². The molecule has 0 aliphatic rings. The van der Waals surface area contributed by atoms with Crippen molar-refractivity contribution in [3.63, 3.8) is 0 Å². The lowest BCUT2D eigenvalue weighted by molar-refractivity contribution is -0.383. The molecule has 0 radical (unpaired) electrons. The summed E-state index contributed by atoms with van der Waals surface area (Å²) in [6, 6.07) is 4.96. The van der Waals surface area contributed by atoms with E-state index in [2.05, 4.69) is 15.9 Å². The average molecular weight is 341 g/mol. The Balaban J connectivity index is 2.60. The van der Waals surface area contributed by atoms with Gasteiger partial charge in [0.1, 0.15) is 5.60 Å². The largest absolute Gasteiger partial charge is 0.443 e. The number of benzene rings is 1. The second kappa shape index (κ2) is 4.90. The normalized spacial score (nSPS) is 11.6. The highest BCUT2D eigenvalue weighted by molar-refractivity contribution is 9.10. The molecule has 0 N–H and O–H groups in total. The number of aromatic nitrogens is 1. The Morgan fingerprint density at radius 1 is 1.40 bits per heavy atom. The summed E-state index contributed by atoms with van der Waals surface area (Å²) < 4.78 is 7.11. The Morgan fingerprint density at radius 3 is 2.60 bits per heavy atom. The first-order chi connectivity index (χ1) is 9.19. The lowest BCUT2D eigenvalue weighted by Gasteiger charge is -2.19. The van der Waals surface area contributed by atoms with Gasteiger partial charge in [0.05, 0.1) is 22.0 Å². The van der Waals surface area contributed by atoms with Crippen LogP contribution < -0.4 is 0 Å². The number of halogens is 1. The van der Waals surface area contributed by atoms with Gasteiger partial charge in [-0.05, 0) is 39.0 Å². The van der Waals surface area contributed by atoms with Crippen molar-refractivity contribution < 1.29 is 14.5 Å². The molecule has 0 aliphatic heterocycles. The average Bonchev–Trinajstić information content (AvgIpc) is 2.65. The minimum Gasteiger partial charge on any atom is -0.443 e. The fraction of sp³-hybridized carbons (Fsp3) is 0.308. The minimum atomic E-state index is -0.669. The summed E-state index contributed by atoms with van der Waals surface area (Å²) in [7, 11) is 0. The number of carbonyl (C=O) groups is 1. The van der Waals surface area contributed by atoms with Gasteiger partial charge in [-0.2, -0.15) is 0 Å². The van der Waals surface area contributed by atoms with E-state index in [0.29, 0.717) is 15.4 Å². The molecule has 0 unspecified atom stereocenters. The highest BCUT2D eigenvalue weighted by Gasteiger charge is 2.24. The third kappa shape index (κ3) is 2.82. The van der Waals surface area contributed by atoms with Crippen LogP contribution in [-0.4, -0.2) is 21.2 Å². The molecule has 1 heterocycles. The first-order valence-corrected chi connectivity index (χ1v) is 6.67. The Bertz CT molecular complexity index is 700. The monoisotopic (exact) mass is 340 g/mol. The van der Waals surface area contributed by atoms with E-state index in [1.807, 2.05) is 0 Å². The smallest absolute Gasteiger partial charge is 0.419 e. The highest BCUT2D eigenvalue weighted by atomic mass is 79.9. The van der Waals surface area contributed by atoms with Gasteiger partial charge in [0, 0.05) is 4.47 Å². The molecular weight excluding hydrogens is 328 g/mol. The second-order valence-electron chi connectivity index (χ2n) is 5.28. The van der Waals surface area contributed by atoms with Gasteiger partial charge >= 0.3 is 6.09 Å². The first-order valence-electron chi connectivity index (χ1n) is 5.87. The van der Waals surface area contributed by atoms with Crippen molar-refractivity contribution in [1.82, 2.24) is 4.57 Å². The van der Waals surface area contributed by atoms with Gasteiger partial charge in [-0.25, -0.2) is 9.36 Å². The van der Waals surface area contributed by atoms with Crippen molar-refractivity contribution in [3.8, 4) is 0 Å². The Labute approximate surface area is 123 Å². The molecule has 0 spiro atoms. The number of rotatable bonds is 1. The van der Waals surface area contributed by atoms with Gasteiger partial charge in [-0.1, -0.05) is 15.9 Å². The molecule has 6 nitrogen and oxygen atoms in total. The lowest BCUT2D eigenvalue weighted by atomic mass is 10.2. The molecule has 7 heteroatoms. The number of nitrogens with zero attached hydrogens (tertiary/aromatic N) is 2. The van der Waals surface area contributed by atoms with Gasteiger partial charge in [0.15, 0.2) is 0 Å². The molecule has 0 fully saturated rings. The maximum atomic E-state index is 12.1. The van der Waals surface area contributed by atoms with Gasteiger partial charge < -0.3 is 4.74 Å². The number of hydrogen-bond acceptors (Lipinski definition) is 4. The molecule has 0 saturated carbocycles. The van der Waals surface area contributed by atoms with Gasteiger partial charge in [0.25, 0.3) is 5.69 Å². The van der Waals surface area contributed by atoms with Crippen LogP contribution >= 0.6 is 15.9 Å². The second-order valence-corrected chi connectivity index (χ2v) is 6.20. The van der Waals surface area contributed by atoms with E-state index in [-0.39, 0.29) is 5.69 Å². The fourth-order valence-corrected chi connectivity index (χ4v) is 2.15. The third-order valence-corrected chi connectivity index (χ3v) is 3.03. The van der Waals surface area contributed by atoms with Gasteiger partial charge in [-0.15, -0.1) is 0 Å². The molecule has 2 aromatic rings. The van der Waals surface area contributed by atoms with E-state index in [1.165, 1.54) is 6.20 Å². The van der Waals surface area contributed by atoms with Crippen molar-refractivity contribution in [2.45, 2.75) is 26.4 Å². The number of hydrogen-bond donors (Lipinski definition) is 0. The first kappa shape index (κ1) is 14.5. The van der Waals surface area contributed by atoms with Crippen molar-refractivity contribution >= 4 is 38.6 Å². The van der Waals surface area contributed by atoms with Crippen LogP contribution in [0, 0.1) is 10.1 Å². The highest BCUT2D eigenvalue weighted by Crippen LogP contribution is 2.30. The topological polar surface area (TPSA) is 74.4 Å². The molecule has 20 heavy (non-hydrogen) atoms. The standard InChI is InChI=1S/C13H13BrN2O4/c1-13(2,3)20-12(17)15-7-11(16(18)19)9-6-8(14)4-5-10(9)15/h4-7H,1-3H3. The van der Waals surface area contributed by atoms with E-state index < -0.39 is 16.6 Å². The molecule has 106 valence electrons. The number of carbonyl (C=O) groups excluding carboxylic acids is 1. The lowest BCUT2D eigenvalue weighted by Crippen LogP contribution is -2.26. The summed E-state index contributed by atoms with van der Waals surface area (Å²) in [5, 5.41) is 11.5. The maximum absolute atomic E-state index is 12.1. The van der Waals surface area contributed by atoms with Crippen LogP contribution in [0.3, 0.4) is 0 Å². The van der Waals surface area contributed by atoms with Crippen molar-refractivity contribution in [2.24, 2.45) is 0 Å². The number of nitro groups is 1.